The molecule has 1 N–H and O–H groups in total. The fourth-order valence-electron chi connectivity index (χ4n) is 1.64. The second-order valence-corrected chi connectivity index (χ2v) is 5.80. The van der Waals surface area contributed by atoms with E-state index in [1.54, 1.807) is 10.7 Å². The van der Waals surface area contributed by atoms with E-state index in [1.165, 1.54) is 23.3 Å². The van der Waals surface area contributed by atoms with Crippen LogP contribution in [-0.2, 0) is 7.05 Å². The normalized spacial score (nSPS) is 11.0. The summed E-state index contributed by atoms with van der Waals surface area (Å²) in [6, 6.07) is 1.80. The van der Waals surface area contributed by atoms with E-state index in [0.29, 0.717) is 21.9 Å². The van der Waals surface area contributed by atoms with Gasteiger partial charge in [0.1, 0.15) is 0 Å². The van der Waals surface area contributed by atoms with Crippen LogP contribution in [0.25, 0.3) is 0 Å². The first kappa shape index (κ1) is 14.0. The monoisotopic (exact) mass is 297 g/mol. The van der Waals surface area contributed by atoms with Gasteiger partial charge in [0.05, 0.1) is 0 Å². The van der Waals surface area contributed by atoms with Crippen molar-refractivity contribution in [3.8, 4) is 0 Å². The van der Waals surface area contributed by atoms with Gasteiger partial charge in [-0.15, -0.1) is 0 Å². The highest BCUT2D eigenvalue weighted by Gasteiger charge is 2.16. The van der Waals surface area contributed by atoms with Gasteiger partial charge in [0.25, 0.3) is 5.91 Å². The van der Waals surface area contributed by atoms with Gasteiger partial charge in [0.15, 0.2) is 5.69 Å². The van der Waals surface area contributed by atoms with Crippen molar-refractivity contribution in [2.75, 3.05) is 11.6 Å². The number of rotatable bonds is 4. The van der Waals surface area contributed by atoms with E-state index in [4.69, 9.17) is 0 Å². The molecular weight excluding hydrogens is 282 g/mol. The fraction of sp³-hybridized carbons (Fsp3) is 0.455. The van der Waals surface area contributed by atoms with Crippen LogP contribution in [0.1, 0.15) is 35.9 Å². The van der Waals surface area contributed by atoms with E-state index in [-0.39, 0.29) is 5.91 Å². The number of hydrogen-bond acceptors (Lipinski definition) is 6. The third-order valence-corrected chi connectivity index (χ3v) is 3.84. The molecule has 2 aromatic heterocycles. The molecular formula is C11H15N5OS2. The highest BCUT2D eigenvalue weighted by molar-refractivity contribution is 7.98. The largest absolute Gasteiger partial charge is 0.295 e. The molecule has 0 aliphatic carbocycles. The van der Waals surface area contributed by atoms with Crippen LogP contribution in [0.3, 0.4) is 0 Å². The van der Waals surface area contributed by atoms with Crippen molar-refractivity contribution < 1.29 is 4.79 Å². The highest BCUT2D eigenvalue weighted by Crippen LogP contribution is 2.19. The van der Waals surface area contributed by atoms with Gasteiger partial charge >= 0.3 is 0 Å². The van der Waals surface area contributed by atoms with E-state index in [1.807, 2.05) is 13.3 Å². The predicted molar refractivity (Wildman–Crippen MR) is 76.9 cm³/mol. The maximum absolute atomic E-state index is 12.0. The highest BCUT2D eigenvalue weighted by atomic mass is 32.2. The number of amides is 1. The molecule has 0 aliphatic rings. The number of nitrogens with zero attached hydrogens (tertiary/aromatic N) is 4. The second kappa shape index (κ2) is 5.70. The number of hydrogen-bond donors (Lipinski definition) is 1. The predicted octanol–water partition coefficient (Wildman–Crippen LogP) is 2.37. The molecule has 1 amide bonds. The van der Waals surface area contributed by atoms with Crippen LogP contribution < -0.4 is 5.32 Å². The third kappa shape index (κ3) is 3.13. The number of aromatic nitrogens is 4. The minimum absolute atomic E-state index is 0.258. The Bertz CT molecular complexity index is 590. The number of thioether (sulfide) groups is 1. The van der Waals surface area contributed by atoms with Crippen molar-refractivity contribution in [3.63, 3.8) is 0 Å². The summed E-state index contributed by atoms with van der Waals surface area (Å²) >= 11 is 2.61. The van der Waals surface area contributed by atoms with Gasteiger partial charge < -0.3 is 0 Å². The van der Waals surface area contributed by atoms with Crippen molar-refractivity contribution in [3.05, 3.63) is 17.5 Å². The number of anilines is 1. The van der Waals surface area contributed by atoms with Crippen molar-refractivity contribution in [2.24, 2.45) is 7.05 Å². The molecule has 0 radical (unpaired) electrons. The van der Waals surface area contributed by atoms with Crippen molar-refractivity contribution in [1.82, 2.24) is 19.1 Å². The summed E-state index contributed by atoms with van der Waals surface area (Å²) in [5, 5.41) is 8.07. The lowest BCUT2D eigenvalue weighted by Gasteiger charge is -2.02. The number of carbonyl (C=O) groups is 1. The Morgan fingerprint density at radius 3 is 2.79 bits per heavy atom. The van der Waals surface area contributed by atoms with E-state index in [2.05, 4.69) is 33.6 Å². The van der Waals surface area contributed by atoms with Crippen molar-refractivity contribution in [2.45, 2.75) is 24.9 Å². The first-order chi connectivity index (χ1) is 9.01. The average molecular weight is 297 g/mol. The zero-order valence-electron chi connectivity index (χ0n) is 11.2. The Morgan fingerprint density at radius 1 is 1.53 bits per heavy atom. The van der Waals surface area contributed by atoms with Gasteiger partial charge in [-0.3, -0.25) is 14.8 Å². The van der Waals surface area contributed by atoms with Crippen molar-refractivity contribution in [1.29, 1.82) is 0 Å². The van der Waals surface area contributed by atoms with Crippen LogP contribution >= 0.6 is 23.3 Å². The van der Waals surface area contributed by atoms with Gasteiger partial charge in [-0.2, -0.15) is 14.5 Å². The molecule has 19 heavy (non-hydrogen) atoms. The summed E-state index contributed by atoms with van der Waals surface area (Å²) in [5.41, 5.74) is 1.42. The molecule has 0 aromatic carbocycles. The molecule has 0 fully saturated rings. The average Bonchev–Trinajstić information content (AvgIpc) is 2.95. The molecule has 6 nitrogen and oxygen atoms in total. The number of carbonyl (C=O) groups excluding carboxylic acids is 1. The standard InChI is InChI=1S/C11H15N5OS2/c1-6(2)8-5-7(14-16(8)3)9(17)12-10-13-11(18-4)15-19-10/h5-6H,1-4H3,(H,12,13,15,17). The summed E-state index contributed by atoms with van der Waals surface area (Å²) in [6.45, 7) is 4.13. The van der Waals surface area contributed by atoms with Gasteiger partial charge in [-0.05, 0) is 18.2 Å². The molecule has 0 saturated carbocycles. The fourth-order valence-corrected chi connectivity index (χ4v) is 2.76. The Balaban J connectivity index is 2.13. The van der Waals surface area contributed by atoms with Crippen LogP contribution in [0.5, 0.6) is 0 Å². The minimum atomic E-state index is -0.258. The Morgan fingerprint density at radius 2 is 2.26 bits per heavy atom. The molecule has 2 heterocycles. The van der Waals surface area contributed by atoms with E-state index in [9.17, 15) is 4.79 Å². The van der Waals surface area contributed by atoms with Crippen molar-refractivity contribution >= 4 is 34.3 Å². The van der Waals surface area contributed by atoms with Crippen LogP contribution in [0, 0.1) is 0 Å². The zero-order chi connectivity index (χ0) is 14.0. The first-order valence-corrected chi connectivity index (χ1v) is 7.74. The molecule has 0 spiro atoms. The quantitative estimate of drug-likeness (QED) is 0.877. The lowest BCUT2D eigenvalue weighted by molar-refractivity contribution is 0.102. The van der Waals surface area contributed by atoms with E-state index < -0.39 is 0 Å². The summed E-state index contributed by atoms with van der Waals surface area (Å²) in [6.07, 6.45) is 1.89. The van der Waals surface area contributed by atoms with Crippen LogP contribution in [0.15, 0.2) is 11.2 Å². The SMILES string of the molecule is CSc1nsc(NC(=O)c2cc(C(C)C)n(C)n2)n1. The molecule has 102 valence electrons. The molecule has 8 heteroatoms. The Labute approximate surface area is 119 Å². The van der Waals surface area contributed by atoms with Gasteiger partial charge in [0, 0.05) is 24.3 Å². The summed E-state index contributed by atoms with van der Waals surface area (Å²) in [5.74, 6) is 0.0648. The maximum atomic E-state index is 12.0. The van der Waals surface area contributed by atoms with Crippen LogP contribution in [0.4, 0.5) is 5.13 Å². The molecule has 0 aliphatic heterocycles. The Hall–Kier alpha value is -1.41. The minimum Gasteiger partial charge on any atom is -0.295 e. The van der Waals surface area contributed by atoms with Gasteiger partial charge in [-0.25, -0.2) is 0 Å². The lowest BCUT2D eigenvalue weighted by atomic mass is 10.1. The maximum Gasteiger partial charge on any atom is 0.277 e. The second-order valence-electron chi connectivity index (χ2n) is 4.27. The van der Waals surface area contributed by atoms with E-state index in [0.717, 1.165) is 5.69 Å². The van der Waals surface area contributed by atoms with E-state index >= 15 is 0 Å². The molecule has 2 aromatic rings. The molecule has 0 unspecified atom stereocenters. The number of nitrogens with one attached hydrogen (secondary N) is 1. The Kier molecular flexibility index (Phi) is 4.20. The molecule has 2 rings (SSSR count). The summed E-state index contributed by atoms with van der Waals surface area (Å²) in [4.78, 5) is 16.2. The van der Waals surface area contributed by atoms with Crippen LogP contribution in [-0.4, -0.2) is 31.3 Å². The van der Waals surface area contributed by atoms with Gasteiger partial charge in [0.2, 0.25) is 10.3 Å². The third-order valence-electron chi connectivity index (χ3n) is 2.55. The lowest BCUT2D eigenvalue weighted by Crippen LogP contribution is -2.12. The molecule has 0 atom stereocenters. The smallest absolute Gasteiger partial charge is 0.277 e. The zero-order valence-corrected chi connectivity index (χ0v) is 12.8. The number of aryl methyl sites for hydroxylation is 1. The molecule has 0 bridgehead atoms. The summed E-state index contributed by atoms with van der Waals surface area (Å²) < 4.78 is 5.81. The van der Waals surface area contributed by atoms with Crippen LogP contribution in [0.2, 0.25) is 0 Å². The summed E-state index contributed by atoms with van der Waals surface area (Å²) in [7, 11) is 1.84. The van der Waals surface area contributed by atoms with Gasteiger partial charge in [-0.1, -0.05) is 25.6 Å². The topological polar surface area (TPSA) is 72.7 Å². The molecule has 0 saturated heterocycles. The first-order valence-electron chi connectivity index (χ1n) is 5.74.